The van der Waals surface area contributed by atoms with Crippen molar-refractivity contribution in [3.05, 3.63) is 34.9 Å². The van der Waals surface area contributed by atoms with Gasteiger partial charge in [0.15, 0.2) is 0 Å². The zero-order valence-corrected chi connectivity index (χ0v) is 18.3. The van der Waals surface area contributed by atoms with E-state index in [0.29, 0.717) is 31.5 Å². The molecular weight excluding hydrogens is 470 g/mol. The molecule has 6 nitrogen and oxygen atoms in total. The van der Waals surface area contributed by atoms with Gasteiger partial charge in [0.2, 0.25) is 11.8 Å². The molecule has 0 N–H and O–H groups in total. The molecule has 0 radical (unpaired) electrons. The highest BCUT2D eigenvalue weighted by Crippen LogP contribution is 2.37. The standard InChI is InChI=1S/C22H24F6N2O4/c1-2-34-20(33)14-4-3-5-29(11-14)19(32)15-8-18(31)30(12-15)10-13-6-16(21(23,24)25)9-17(7-13)22(26,27)28/h6-7,9,14-15H,2-5,8,10-12H2,1H3. The highest BCUT2D eigenvalue weighted by atomic mass is 19.4. The molecule has 188 valence electrons. The monoisotopic (exact) mass is 494 g/mol. The predicted octanol–water partition coefficient (Wildman–Crippen LogP) is 3.87. The Morgan fingerprint density at radius 1 is 1.00 bits per heavy atom. The largest absolute Gasteiger partial charge is 0.466 e. The van der Waals surface area contributed by atoms with E-state index in [9.17, 15) is 40.7 Å². The Balaban J connectivity index is 1.71. The number of likely N-dealkylation sites (tertiary alicyclic amines) is 2. The molecule has 1 aromatic rings. The van der Waals surface area contributed by atoms with Gasteiger partial charge in [0.25, 0.3) is 0 Å². The lowest BCUT2D eigenvalue weighted by molar-refractivity contribution is -0.152. The number of halogens is 6. The van der Waals surface area contributed by atoms with Gasteiger partial charge in [0, 0.05) is 32.6 Å². The Morgan fingerprint density at radius 3 is 2.18 bits per heavy atom. The van der Waals surface area contributed by atoms with Gasteiger partial charge in [-0.2, -0.15) is 26.3 Å². The molecule has 12 heteroatoms. The molecule has 34 heavy (non-hydrogen) atoms. The van der Waals surface area contributed by atoms with Crippen LogP contribution < -0.4 is 0 Å². The molecule has 1 aromatic carbocycles. The van der Waals surface area contributed by atoms with E-state index < -0.39 is 53.7 Å². The van der Waals surface area contributed by atoms with Gasteiger partial charge in [0.05, 0.1) is 29.6 Å². The maximum absolute atomic E-state index is 13.1. The maximum Gasteiger partial charge on any atom is 0.416 e. The van der Waals surface area contributed by atoms with Gasteiger partial charge in [-0.15, -0.1) is 0 Å². The first-order valence-corrected chi connectivity index (χ1v) is 10.8. The molecule has 2 unspecified atom stereocenters. The lowest BCUT2D eigenvalue weighted by atomic mass is 9.96. The molecule has 2 fully saturated rings. The molecule has 0 aliphatic carbocycles. The second-order valence-corrected chi connectivity index (χ2v) is 8.46. The summed E-state index contributed by atoms with van der Waals surface area (Å²) in [5.74, 6) is -2.58. The van der Waals surface area contributed by atoms with Crippen LogP contribution in [0, 0.1) is 11.8 Å². The number of benzene rings is 1. The van der Waals surface area contributed by atoms with Crippen LogP contribution in [-0.2, 0) is 38.0 Å². The Bertz CT molecular complexity index is 914. The van der Waals surface area contributed by atoms with Crippen LogP contribution >= 0.6 is 0 Å². The van der Waals surface area contributed by atoms with Crippen molar-refractivity contribution in [3.63, 3.8) is 0 Å². The minimum absolute atomic E-state index is 0.0257. The summed E-state index contributed by atoms with van der Waals surface area (Å²) in [4.78, 5) is 39.9. The summed E-state index contributed by atoms with van der Waals surface area (Å²) in [6, 6.07) is 1.18. The number of amides is 2. The fourth-order valence-electron chi connectivity index (χ4n) is 4.31. The Labute approximate surface area is 191 Å². The van der Waals surface area contributed by atoms with Crippen molar-refractivity contribution in [2.75, 3.05) is 26.2 Å². The van der Waals surface area contributed by atoms with Crippen LogP contribution in [0.2, 0.25) is 0 Å². The van der Waals surface area contributed by atoms with Crippen LogP contribution in [0.5, 0.6) is 0 Å². The van der Waals surface area contributed by atoms with E-state index in [1.807, 2.05) is 0 Å². The maximum atomic E-state index is 13.1. The minimum atomic E-state index is -4.99. The average molecular weight is 494 g/mol. The van der Waals surface area contributed by atoms with E-state index in [2.05, 4.69) is 0 Å². The van der Waals surface area contributed by atoms with Crippen LogP contribution in [0.25, 0.3) is 0 Å². The highest BCUT2D eigenvalue weighted by molar-refractivity contribution is 5.89. The quantitative estimate of drug-likeness (QED) is 0.461. The molecular formula is C22H24F6N2O4. The number of carbonyl (C=O) groups excluding carboxylic acids is 3. The summed E-state index contributed by atoms with van der Waals surface area (Å²) in [6.07, 6.45) is -9.05. The summed E-state index contributed by atoms with van der Waals surface area (Å²) in [6.45, 7) is 1.80. The highest BCUT2D eigenvalue weighted by Gasteiger charge is 2.40. The summed E-state index contributed by atoms with van der Waals surface area (Å²) < 4.78 is 83.6. The number of piperidine rings is 1. The second-order valence-electron chi connectivity index (χ2n) is 8.46. The smallest absolute Gasteiger partial charge is 0.416 e. The molecule has 3 rings (SSSR count). The van der Waals surface area contributed by atoms with Gasteiger partial charge >= 0.3 is 18.3 Å². The minimum Gasteiger partial charge on any atom is -0.466 e. The van der Waals surface area contributed by atoms with Crippen molar-refractivity contribution >= 4 is 17.8 Å². The van der Waals surface area contributed by atoms with Crippen molar-refractivity contribution in [3.8, 4) is 0 Å². The van der Waals surface area contributed by atoms with Crippen LogP contribution in [0.15, 0.2) is 18.2 Å². The fourth-order valence-corrected chi connectivity index (χ4v) is 4.31. The zero-order chi connectivity index (χ0) is 25.3. The first kappa shape index (κ1) is 25.8. The number of esters is 1. The Kier molecular flexibility index (Phi) is 7.47. The molecule has 0 aromatic heterocycles. The number of carbonyl (C=O) groups is 3. The molecule has 0 bridgehead atoms. The molecule has 2 aliphatic rings. The van der Waals surface area contributed by atoms with Crippen molar-refractivity contribution in [2.45, 2.75) is 45.1 Å². The number of rotatable bonds is 5. The summed E-state index contributed by atoms with van der Waals surface area (Å²) in [5, 5.41) is 0. The molecule has 0 saturated carbocycles. The third-order valence-corrected chi connectivity index (χ3v) is 5.94. The van der Waals surface area contributed by atoms with Crippen molar-refractivity contribution in [2.24, 2.45) is 11.8 Å². The van der Waals surface area contributed by atoms with Gasteiger partial charge in [-0.05, 0) is 43.5 Å². The van der Waals surface area contributed by atoms with Gasteiger partial charge in [-0.3, -0.25) is 14.4 Å². The fraction of sp³-hybridized carbons (Fsp3) is 0.591. The van der Waals surface area contributed by atoms with Gasteiger partial charge < -0.3 is 14.5 Å². The second kappa shape index (κ2) is 9.83. The van der Waals surface area contributed by atoms with Crippen LogP contribution in [0.4, 0.5) is 26.3 Å². The Hall–Kier alpha value is -2.79. The van der Waals surface area contributed by atoms with Crippen molar-refractivity contribution in [1.82, 2.24) is 9.80 Å². The number of ether oxygens (including phenoxy) is 1. The van der Waals surface area contributed by atoms with E-state index >= 15 is 0 Å². The molecule has 2 saturated heterocycles. The van der Waals surface area contributed by atoms with E-state index in [4.69, 9.17) is 4.74 Å². The first-order chi connectivity index (χ1) is 15.8. The number of nitrogens with zero attached hydrogens (tertiary/aromatic N) is 2. The predicted molar refractivity (Wildman–Crippen MR) is 106 cm³/mol. The van der Waals surface area contributed by atoms with Gasteiger partial charge in [0.1, 0.15) is 0 Å². The van der Waals surface area contributed by atoms with Crippen LogP contribution in [0.1, 0.15) is 42.9 Å². The average Bonchev–Trinajstić information content (AvgIpc) is 3.12. The Morgan fingerprint density at radius 2 is 1.62 bits per heavy atom. The lowest BCUT2D eigenvalue weighted by Crippen LogP contribution is -2.45. The molecule has 2 heterocycles. The zero-order valence-electron chi connectivity index (χ0n) is 18.3. The third kappa shape index (κ3) is 6.01. The summed E-state index contributed by atoms with van der Waals surface area (Å²) in [7, 11) is 0. The normalized spacial score (nSPS) is 21.7. The van der Waals surface area contributed by atoms with Crippen LogP contribution in [-0.4, -0.2) is 53.8 Å². The van der Waals surface area contributed by atoms with Crippen LogP contribution in [0.3, 0.4) is 0 Å². The van der Waals surface area contributed by atoms with E-state index in [1.54, 1.807) is 6.92 Å². The van der Waals surface area contributed by atoms with Gasteiger partial charge in [-0.1, -0.05) is 0 Å². The van der Waals surface area contributed by atoms with E-state index in [-0.39, 0.29) is 43.7 Å². The summed E-state index contributed by atoms with van der Waals surface area (Å²) >= 11 is 0. The van der Waals surface area contributed by atoms with Crippen molar-refractivity contribution < 1.29 is 45.5 Å². The third-order valence-electron chi connectivity index (χ3n) is 5.94. The van der Waals surface area contributed by atoms with Crippen molar-refractivity contribution in [1.29, 1.82) is 0 Å². The molecule has 2 aliphatic heterocycles. The number of hydrogen-bond donors (Lipinski definition) is 0. The van der Waals surface area contributed by atoms with Gasteiger partial charge in [-0.25, -0.2) is 0 Å². The molecule has 2 atom stereocenters. The molecule has 0 spiro atoms. The lowest BCUT2D eigenvalue weighted by Gasteiger charge is -2.33. The SMILES string of the molecule is CCOC(=O)C1CCCN(C(=O)C2CC(=O)N(Cc3cc(C(F)(F)F)cc(C(F)(F)F)c3)C2)C1. The van der Waals surface area contributed by atoms with E-state index in [0.717, 1.165) is 4.90 Å². The number of hydrogen-bond acceptors (Lipinski definition) is 4. The first-order valence-electron chi connectivity index (χ1n) is 10.8. The topological polar surface area (TPSA) is 66.9 Å². The number of alkyl halides is 6. The summed E-state index contributed by atoms with van der Waals surface area (Å²) in [5.41, 5.74) is -3.26. The molecule has 2 amide bonds. The van der Waals surface area contributed by atoms with E-state index in [1.165, 1.54) is 4.90 Å².